The Morgan fingerprint density at radius 2 is 2.10 bits per heavy atom. The fourth-order valence-corrected chi connectivity index (χ4v) is 3.35. The first-order valence-electron chi connectivity index (χ1n) is 7.51. The van der Waals surface area contributed by atoms with Gasteiger partial charge in [0.25, 0.3) is 0 Å². The van der Waals surface area contributed by atoms with E-state index in [2.05, 4.69) is 17.5 Å². The van der Waals surface area contributed by atoms with Gasteiger partial charge in [-0.15, -0.1) is 0 Å². The van der Waals surface area contributed by atoms with E-state index in [9.17, 15) is 0 Å². The summed E-state index contributed by atoms with van der Waals surface area (Å²) in [5.41, 5.74) is 0. The van der Waals surface area contributed by atoms with E-state index in [0.29, 0.717) is 6.61 Å². The SMILES string of the molecule is COc1cccc(OCCNCC2CC3C=CC2C3)c1. The van der Waals surface area contributed by atoms with E-state index in [-0.39, 0.29) is 0 Å². The molecule has 3 atom stereocenters. The molecule has 3 heteroatoms. The molecule has 3 rings (SSSR count). The summed E-state index contributed by atoms with van der Waals surface area (Å²) in [4.78, 5) is 0. The predicted octanol–water partition coefficient (Wildman–Crippen LogP) is 2.88. The van der Waals surface area contributed by atoms with Gasteiger partial charge in [-0.25, -0.2) is 0 Å². The minimum absolute atomic E-state index is 0.698. The summed E-state index contributed by atoms with van der Waals surface area (Å²) in [7, 11) is 1.67. The lowest BCUT2D eigenvalue weighted by Gasteiger charge is -2.18. The Morgan fingerprint density at radius 1 is 1.20 bits per heavy atom. The van der Waals surface area contributed by atoms with Gasteiger partial charge in [0, 0.05) is 12.6 Å². The molecule has 2 aliphatic carbocycles. The number of fused-ring (bicyclic) bond motifs is 2. The lowest BCUT2D eigenvalue weighted by atomic mass is 9.94. The van der Waals surface area contributed by atoms with Gasteiger partial charge in [-0.2, -0.15) is 0 Å². The van der Waals surface area contributed by atoms with Crippen LogP contribution in [0.2, 0.25) is 0 Å². The maximum absolute atomic E-state index is 5.72. The summed E-state index contributed by atoms with van der Waals surface area (Å²) in [5, 5.41) is 3.52. The van der Waals surface area contributed by atoms with Gasteiger partial charge in [0.1, 0.15) is 18.1 Å². The first kappa shape index (κ1) is 13.5. The first-order valence-corrected chi connectivity index (χ1v) is 7.51. The molecule has 0 heterocycles. The number of benzene rings is 1. The number of ether oxygens (including phenoxy) is 2. The highest BCUT2D eigenvalue weighted by Crippen LogP contribution is 2.42. The highest BCUT2D eigenvalue weighted by Gasteiger charge is 2.34. The molecule has 0 saturated heterocycles. The minimum atomic E-state index is 0.698. The molecular formula is C17H23NO2. The predicted molar refractivity (Wildman–Crippen MR) is 80.2 cm³/mol. The summed E-state index contributed by atoms with van der Waals surface area (Å²) < 4.78 is 10.9. The molecule has 2 bridgehead atoms. The molecule has 0 aromatic heterocycles. The molecule has 0 spiro atoms. The van der Waals surface area contributed by atoms with E-state index >= 15 is 0 Å². The number of methoxy groups -OCH3 is 1. The number of allylic oxidation sites excluding steroid dienone is 2. The third-order valence-electron chi connectivity index (χ3n) is 4.41. The average Bonchev–Trinajstić information content (AvgIpc) is 3.10. The smallest absolute Gasteiger partial charge is 0.123 e. The quantitative estimate of drug-likeness (QED) is 0.612. The van der Waals surface area contributed by atoms with Crippen molar-refractivity contribution < 1.29 is 9.47 Å². The van der Waals surface area contributed by atoms with E-state index in [1.807, 2.05) is 24.3 Å². The maximum atomic E-state index is 5.72. The van der Waals surface area contributed by atoms with Crippen molar-refractivity contribution in [3.63, 3.8) is 0 Å². The molecule has 0 amide bonds. The van der Waals surface area contributed by atoms with Gasteiger partial charge in [-0.1, -0.05) is 18.2 Å². The molecule has 108 valence electrons. The second-order valence-electron chi connectivity index (χ2n) is 5.77. The molecule has 1 fully saturated rings. The van der Waals surface area contributed by atoms with Crippen LogP contribution in [0.3, 0.4) is 0 Å². The van der Waals surface area contributed by atoms with Gasteiger partial charge in [0.15, 0.2) is 0 Å². The highest BCUT2D eigenvalue weighted by atomic mass is 16.5. The molecule has 3 nitrogen and oxygen atoms in total. The molecule has 1 N–H and O–H groups in total. The van der Waals surface area contributed by atoms with E-state index in [1.54, 1.807) is 7.11 Å². The first-order chi connectivity index (χ1) is 9.85. The minimum Gasteiger partial charge on any atom is -0.497 e. The lowest BCUT2D eigenvalue weighted by Crippen LogP contribution is -2.28. The second kappa shape index (κ2) is 6.31. The van der Waals surface area contributed by atoms with E-state index < -0.39 is 0 Å². The summed E-state index contributed by atoms with van der Waals surface area (Å²) in [6, 6.07) is 7.75. The highest BCUT2D eigenvalue weighted by molar-refractivity contribution is 5.32. The lowest BCUT2D eigenvalue weighted by molar-refractivity contribution is 0.302. The Labute approximate surface area is 121 Å². The molecule has 3 unspecified atom stereocenters. The van der Waals surface area contributed by atoms with Crippen LogP contribution >= 0.6 is 0 Å². The normalized spacial score (nSPS) is 26.9. The average molecular weight is 273 g/mol. The Balaban J connectivity index is 1.33. The van der Waals surface area contributed by atoms with Crippen LogP contribution in [0, 0.1) is 17.8 Å². The Morgan fingerprint density at radius 3 is 2.85 bits per heavy atom. The van der Waals surface area contributed by atoms with E-state index in [1.165, 1.54) is 12.8 Å². The largest absolute Gasteiger partial charge is 0.497 e. The van der Waals surface area contributed by atoms with Crippen molar-refractivity contribution in [1.82, 2.24) is 5.32 Å². The van der Waals surface area contributed by atoms with Crippen LogP contribution in [-0.2, 0) is 0 Å². The van der Waals surface area contributed by atoms with Crippen molar-refractivity contribution in [3.05, 3.63) is 36.4 Å². The van der Waals surface area contributed by atoms with E-state index in [0.717, 1.165) is 42.3 Å². The van der Waals surface area contributed by atoms with Gasteiger partial charge in [0.2, 0.25) is 0 Å². The number of hydrogen-bond donors (Lipinski definition) is 1. The zero-order chi connectivity index (χ0) is 13.8. The molecule has 2 aliphatic rings. The molecule has 1 saturated carbocycles. The van der Waals surface area contributed by atoms with Crippen LogP contribution in [0.1, 0.15) is 12.8 Å². The van der Waals surface area contributed by atoms with Crippen molar-refractivity contribution >= 4 is 0 Å². The summed E-state index contributed by atoms with van der Waals surface area (Å²) in [6.45, 7) is 2.71. The van der Waals surface area contributed by atoms with Crippen molar-refractivity contribution in [3.8, 4) is 11.5 Å². The van der Waals surface area contributed by atoms with Crippen molar-refractivity contribution in [2.45, 2.75) is 12.8 Å². The van der Waals surface area contributed by atoms with Crippen LogP contribution < -0.4 is 14.8 Å². The molecule has 1 aromatic carbocycles. The molecular weight excluding hydrogens is 250 g/mol. The van der Waals surface area contributed by atoms with Gasteiger partial charge >= 0.3 is 0 Å². The third-order valence-corrected chi connectivity index (χ3v) is 4.41. The Bertz CT molecular complexity index is 472. The summed E-state index contributed by atoms with van der Waals surface area (Å²) in [5.74, 6) is 4.23. The molecule has 20 heavy (non-hydrogen) atoms. The van der Waals surface area contributed by atoms with Gasteiger partial charge in [-0.05, 0) is 49.3 Å². The number of hydrogen-bond acceptors (Lipinski definition) is 3. The Hall–Kier alpha value is -1.48. The van der Waals surface area contributed by atoms with Gasteiger partial charge in [-0.3, -0.25) is 0 Å². The standard InChI is InChI=1S/C17H23NO2/c1-19-16-3-2-4-17(11-16)20-8-7-18-12-15-10-13-5-6-14(15)9-13/h2-6,11,13-15,18H,7-10,12H2,1H3. The van der Waals surface area contributed by atoms with Crippen molar-refractivity contribution in [2.24, 2.45) is 17.8 Å². The van der Waals surface area contributed by atoms with Gasteiger partial charge in [0.05, 0.1) is 7.11 Å². The monoisotopic (exact) mass is 273 g/mol. The molecule has 0 radical (unpaired) electrons. The van der Waals surface area contributed by atoms with E-state index in [4.69, 9.17) is 9.47 Å². The maximum Gasteiger partial charge on any atom is 0.123 e. The van der Waals surface area contributed by atoms with Crippen LogP contribution in [0.15, 0.2) is 36.4 Å². The Kier molecular flexibility index (Phi) is 4.26. The second-order valence-corrected chi connectivity index (χ2v) is 5.77. The zero-order valence-corrected chi connectivity index (χ0v) is 12.0. The molecule has 1 aromatic rings. The topological polar surface area (TPSA) is 30.5 Å². The van der Waals surface area contributed by atoms with Crippen molar-refractivity contribution in [1.29, 1.82) is 0 Å². The van der Waals surface area contributed by atoms with Crippen LogP contribution in [0.25, 0.3) is 0 Å². The molecule has 0 aliphatic heterocycles. The van der Waals surface area contributed by atoms with Crippen molar-refractivity contribution in [2.75, 3.05) is 26.8 Å². The summed E-state index contributed by atoms with van der Waals surface area (Å²) >= 11 is 0. The van der Waals surface area contributed by atoms with Gasteiger partial charge < -0.3 is 14.8 Å². The number of nitrogens with one attached hydrogen (secondary N) is 1. The van der Waals surface area contributed by atoms with Crippen LogP contribution in [-0.4, -0.2) is 26.8 Å². The summed E-state index contributed by atoms with van der Waals surface area (Å²) in [6.07, 6.45) is 7.55. The zero-order valence-electron chi connectivity index (χ0n) is 12.0. The fourth-order valence-electron chi connectivity index (χ4n) is 3.35. The fraction of sp³-hybridized carbons (Fsp3) is 0.529. The number of rotatable bonds is 7. The van der Waals surface area contributed by atoms with Crippen LogP contribution in [0.5, 0.6) is 11.5 Å². The van der Waals surface area contributed by atoms with Crippen LogP contribution in [0.4, 0.5) is 0 Å². The third kappa shape index (κ3) is 3.15.